The first-order chi connectivity index (χ1) is 7.11. The summed E-state index contributed by atoms with van der Waals surface area (Å²) in [7, 11) is 0. The number of hydrogen-bond acceptors (Lipinski definition) is 0. The van der Waals surface area contributed by atoms with E-state index in [1.54, 1.807) is 13.0 Å². The van der Waals surface area contributed by atoms with Crippen molar-refractivity contribution in [3.05, 3.63) is 34.9 Å². The van der Waals surface area contributed by atoms with Gasteiger partial charge in [0.05, 0.1) is 0 Å². The number of rotatable bonds is 4. The van der Waals surface area contributed by atoms with Gasteiger partial charge in [0.25, 0.3) is 0 Å². The van der Waals surface area contributed by atoms with Gasteiger partial charge >= 0.3 is 0 Å². The van der Waals surface area contributed by atoms with E-state index in [1.807, 2.05) is 0 Å². The van der Waals surface area contributed by atoms with Gasteiger partial charge < -0.3 is 0 Å². The smallest absolute Gasteiger partial charge is 0.162 e. The van der Waals surface area contributed by atoms with Crippen LogP contribution in [0.1, 0.15) is 50.2 Å². The molecule has 0 spiro atoms. The highest BCUT2D eigenvalue weighted by molar-refractivity contribution is 5.31. The monoisotopic (exact) mass is 212 g/mol. The molecule has 84 valence electrons. The predicted molar refractivity (Wildman–Crippen MR) is 59.0 cm³/mol. The maximum Gasteiger partial charge on any atom is 0.162 e. The zero-order valence-electron chi connectivity index (χ0n) is 9.61. The van der Waals surface area contributed by atoms with Crippen LogP contribution >= 0.6 is 0 Å². The SMILES string of the molecule is CCCC(CC)c1ccc(F)c(F)c1C. The van der Waals surface area contributed by atoms with Crippen LogP contribution < -0.4 is 0 Å². The van der Waals surface area contributed by atoms with Crippen molar-refractivity contribution in [1.82, 2.24) is 0 Å². The Morgan fingerprint density at radius 1 is 1.20 bits per heavy atom. The lowest BCUT2D eigenvalue weighted by Gasteiger charge is -2.17. The molecule has 0 nitrogen and oxygen atoms in total. The zero-order valence-corrected chi connectivity index (χ0v) is 9.61. The summed E-state index contributed by atoms with van der Waals surface area (Å²) >= 11 is 0. The summed E-state index contributed by atoms with van der Waals surface area (Å²) in [5.41, 5.74) is 1.42. The Morgan fingerprint density at radius 3 is 2.40 bits per heavy atom. The van der Waals surface area contributed by atoms with Crippen molar-refractivity contribution in [1.29, 1.82) is 0 Å². The topological polar surface area (TPSA) is 0 Å². The Morgan fingerprint density at radius 2 is 1.87 bits per heavy atom. The van der Waals surface area contributed by atoms with Crippen LogP contribution in [0.2, 0.25) is 0 Å². The van der Waals surface area contributed by atoms with Gasteiger partial charge in [0.15, 0.2) is 11.6 Å². The minimum atomic E-state index is -0.748. The fourth-order valence-corrected chi connectivity index (χ4v) is 2.04. The Bertz CT molecular complexity index is 332. The summed E-state index contributed by atoms with van der Waals surface area (Å²) in [5, 5.41) is 0. The van der Waals surface area contributed by atoms with Gasteiger partial charge in [-0.3, -0.25) is 0 Å². The van der Waals surface area contributed by atoms with Gasteiger partial charge in [-0.15, -0.1) is 0 Å². The number of halogens is 2. The lowest BCUT2D eigenvalue weighted by molar-refractivity contribution is 0.495. The third-order valence-electron chi connectivity index (χ3n) is 2.95. The van der Waals surface area contributed by atoms with E-state index in [0.29, 0.717) is 11.5 Å². The van der Waals surface area contributed by atoms with Crippen molar-refractivity contribution in [2.24, 2.45) is 0 Å². The molecule has 0 bridgehead atoms. The van der Waals surface area contributed by atoms with E-state index >= 15 is 0 Å². The average Bonchev–Trinajstić information content (AvgIpc) is 2.24. The van der Waals surface area contributed by atoms with Crippen molar-refractivity contribution >= 4 is 0 Å². The molecule has 1 aromatic rings. The fourth-order valence-electron chi connectivity index (χ4n) is 2.04. The van der Waals surface area contributed by atoms with E-state index in [-0.39, 0.29) is 0 Å². The van der Waals surface area contributed by atoms with Crippen molar-refractivity contribution in [3.8, 4) is 0 Å². The summed E-state index contributed by atoms with van der Waals surface area (Å²) in [6.07, 6.45) is 3.07. The Balaban J connectivity index is 3.07. The molecule has 1 unspecified atom stereocenters. The van der Waals surface area contributed by atoms with E-state index < -0.39 is 11.6 Å². The molecule has 1 aromatic carbocycles. The average molecular weight is 212 g/mol. The van der Waals surface area contributed by atoms with E-state index in [4.69, 9.17) is 0 Å². The predicted octanol–water partition coefficient (Wildman–Crippen LogP) is 4.57. The van der Waals surface area contributed by atoms with Gasteiger partial charge in [0.2, 0.25) is 0 Å². The van der Waals surface area contributed by atoms with Gasteiger partial charge in [-0.25, -0.2) is 8.78 Å². The fraction of sp³-hybridized carbons (Fsp3) is 0.538. The van der Waals surface area contributed by atoms with Crippen LogP contribution in [0.25, 0.3) is 0 Å². The second kappa shape index (κ2) is 5.24. The lowest BCUT2D eigenvalue weighted by atomic mass is 9.89. The zero-order chi connectivity index (χ0) is 11.4. The first-order valence-corrected chi connectivity index (χ1v) is 5.56. The first-order valence-electron chi connectivity index (χ1n) is 5.56. The molecule has 15 heavy (non-hydrogen) atoms. The molecule has 0 N–H and O–H groups in total. The Labute approximate surface area is 90.3 Å². The third-order valence-corrected chi connectivity index (χ3v) is 2.95. The van der Waals surface area contributed by atoms with Gasteiger partial charge in [-0.2, -0.15) is 0 Å². The molecule has 0 aliphatic heterocycles. The summed E-state index contributed by atoms with van der Waals surface area (Å²) in [6, 6.07) is 2.95. The highest BCUT2D eigenvalue weighted by atomic mass is 19.2. The minimum Gasteiger partial charge on any atom is -0.204 e. The summed E-state index contributed by atoms with van der Waals surface area (Å²) in [5.74, 6) is -1.09. The van der Waals surface area contributed by atoms with E-state index in [1.165, 1.54) is 6.07 Å². The second-order valence-corrected chi connectivity index (χ2v) is 3.97. The maximum atomic E-state index is 13.4. The summed E-state index contributed by atoms with van der Waals surface area (Å²) < 4.78 is 26.3. The quantitative estimate of drug-likeness (QED) is 0.686. The van der Waals surface area contributed by atoms with Crippen LogP contribution in [0.5, 0.6) is 0 Å². The molecule has 0 radical (unpaired) electrons. The van der Waals surface area contributed by atoms with Crippen LogP contribution in [0.3, 0.4) is 0 Å². The second-order valence-electron chi connectivity index (χ2n) is 3.97. The van der Waals surface area contributed by atoms with Crippen LogP contribution in [0, 0.1) is 18.6 Å². The van der Waals surface area contributed by atoms with Gasteiger partial charge in [0.1, 0.15) is 0 Å². The molecule has 0 aromatic heterocycles. The highest BCUT2D eigenvalue weighted by Crippen LogP contribution is 2.29. The number of hydrogen-bond donors (Lipinski definition) is 0. The molecule has 0 heterocycles. The molecule has 2 heteroatoms. The highest BCUT2D eigenvalue weighted by Gasteiger charge is 2.15. The van der Waals surface area contributed by atoms with Crippen LogP contribution in [-0.2, 0) is 0 Å². The lowest BCUT2D eigenvalue weighted by Crippen LogP contribution is -2.03. The molecule has 0 aliphatic rings. The standard InChI is InChI=1S/C13H18F2/c1-4-6-10(5-2)11-7-8-12(14)13(15)9(11)3/h7-8,10H,4-6H2,1-3H3. The largest absolute Gasteiger partial charge is 0.204 e. The molecule has 0 fully saturated rings. The third kappa shape index (κ3) is 2.55. The molecular weight excluding hydrogens is 194 g/mol. The van der Waals surface area contributed by atoms with Crippen molar-refractivity contribution in [2.45, 2.75) is 46.0 Å². The molecule has 0 amide bonds. The van der Waals surface area contributed by atoms with Crippen LogP contribution in [0.15, 0.2) is 12.1 Å². The van der Waals surface area contributed by atoms with Gasteiger partial charge in [0, 0.05) is 0 Å². The number of benzene rings is 1. The van der Waals surface area contributed by atoms with Gasteiger partial charge in [-0.05, 0) is 42.9 Å². The molecule has 1 atom stereocenters. The summed E-state index contributed by atoms with van der Waals surface area (Å²) in [6.45, 7) is 5.85. The maximum absolute atomic E-state index is 13.4. The van der Waals surface area contributed by atoms with Crippen molar-refractivity contribution < 1.29 is 8.78 Å². The van der Waals surface area contributed by atoms with Crippen LogP contribution in [-0.4, -0.2) is 0 Å². The van der Waals surface area contributed by atoms with Crippen LogP contribution in [0.4, 0.5) is 8.78 Å². The van der Waals surface area contributed by atoms with E-state index in [0.717, 1.165) is 24.8 Å². The molecule has 1 rings (SSSR count). The van der Waals surface area contributed by atoms with Crippen molar-refractivity contribution in [3.63, 3.8) is 0 Å². The molecule has 0 saturated heterocycles. The minimum absolute atomic E-state index is 0.352. The van der Waals surface area contributed by atoms with Gasteiger partial charge in [-0.1, -0.05) is 26.3 Å². The van der Waals surface area contributed by atoms with E-state index in [2.05, 4.69) is 13.8 Å². The van der Waals surface area contributed by atoms with E-state index in [9.17, 15) is 8.78 Å². The molecular formula is C13H18F2. The Kier molecular flexibility index (Phi) is 4.25. The molecule has 0 aliphatic carbocycles. The molecule has 0 saturated carbocycles. The van der Waals surface area contributed by atoms with Crippen molar-refractivity contribution in [2.75, 3.05) is 0 Å². The normalized spacial score (nSPS) is 12.9. The Hall–Kier alpha value is -0.920. The summed E-state index contributed by atoms with van der Waals surface area (Å²) in [4.78, 5) is 0. The first kappa shape index (κ1) is 12.2.